The number of aromatic nitrogens is 4. The summed E-state index contributed by atoms with van der Waals surface area (Å²) < 4.78 is 1.50. The van der Waals surface area contributed by atoms with Crippen molar-refractivity contribution in [3.05, 3.63) is 22.7 Å². The zero-order valence-corrected chi connectivity index (χ0v) is 12.9. The van der Waals surface area contributed by atoms with E-state index in [0.717, 1.165) is 19.3 Å². The summed E-state index contributed by atoms with van der Waals surface area (Å²) in [5.74, 6) is 0.311. The number of nitrogens with one attached hydrogen (secondary N) is 1. The van der Waals surface area contributed by atoms with E-state index in [-0.39, 0.29) is 24.4 Å². The largest absolute Gasteiger partial charge is 0.348 e. The van der Waals surface area contributed by atoms with E-state index >= 15 is 0 Å². The van der Waals surface area contributed by atoms with Gasteiger partial charge in [0.25, 0.3) is 5.91 Å². The molecule has 0 radical (unpaired) electrons. The van der Waals surface area contributed by atoms with Gasteiger partial charge in [-0.25, -0.2) is 0 Å². The number of tetrazole rings is 1. The summed E-state index contributed by atoms with van der Waals surface area (Å²) in [5, 5.41) is 16.0. The number of nitrogens with zero attached hydrogens (tertiary/aromatic N) is 4. The highest BCUT2D eigenvalue weighted by atomic mass is 35.5. The molecule has 114 valence electrons. The first kappa shape index (κ1) is 15.9. The molecule has 0 saturated heterocycles. The summed E-state index contributed by atoms with van der Waals surface area (Å²) in [4.78, 5) is 13.0. The molecule has 2 aromatic heterocycles. The van der Waals surface area contributed by atoms with Gasteiger partial charge in [-0.05, 0) is 47.2 Å². The highest BCUT2D eigenvalue weighted by molar-refractivity contribution is 7.12. The van der Waals surface area contributed by atoms with E-state index in [4.69, 9.17) is 5.73 Å². The SMILES string of the molecule is Cl.NCC1CCCC1NC(=O)c1sccc1-n1cnnn1. The first-order valence-electron chi connectivity index (χ1n) is 6.61. The van der Waals surface area contributed by atoms with Crippen molar-refractivity contribution in [2.24, 2.45) is 11.7 Å². The molecule has 2 atom stereocenters. The molecule has 1 aliphatic rings. The molecule has 3 rings (SSSR count). The highest BCUT2D eigenvalue weighted by Crippen LogP contribution is 2.26. The van der Waals surface area contributed by atoms with Crippen molar-refractivity contribution in [2.75, 3.05) is 6.54 Å². The quantitative estimate of drug-likeness (QED) is 0.872. The predicted molar refractivity (Wildman–Crippen MR) is 81.9 cm³/mol. The second kappa shape index (κ2) is 6.97. The number of nitrogens with two attached hydrogens (primary N) is 1. The number of hydrogen-bond donors (Lipinski definition) is 2. The smallest absolute Gasteiger partial charge is 0.263 e. The molecule has 0 aromatic carbocycles. The van der Waals surface area contributed by atoms with E-state index in [1.807, 2.05) is 11.4 Å². The average Bonchev–Trinajstić information content (AvgIpc) is 3.19. The van der Waals surface area contributed by atoms with E-state index in [0.29, 0.717) is 23.0 Å². The van der Waals surface area contributed by atoms with E-state index in [1.165, 1.54) is 22.3 Å². The van der Waals surface area contributed by atoms with Crippen LogP contribution in [0.2, 0.25) is 0 Å². The van der Waals surface area contributed by atoms with Crippen LogP contribution in [0, 0.1) is 5.92 Å². The van der Waals surface area contributed by atoms with Gasteiger partial charge in [0.15, 0.2) is 0 Å². The van der Waals surface area contributed by atoms with Crippen molar-refractivity contribution in [1.82, 2.24) is 25.5 Å². The molecule has 1 aliphatic carbocycles. The maximum Gasteiger partial charge on any atom is 0.263 e. The Kier molecular flexibility index (Phi) is 5.27. The number of carbonyl (C=O) groups is 1. The monoisotopic (exact) mass is 328 g/mol. The standard InChI is InChI=1S/C12H16N6OS.ClH/c13-6-8-2-1-3-9(8)15-12(19)11-10(4-5-20-11)18-7-14-16-17-18;/h4-5,7-9H,1-3,6,13H2,(H,15,19);1H. The molecule has 1 saturated carbocycles. The van der Waals surface area contributed by atoms with E-state index in [2.05, 4.69) is 20.8 Å². The first-order valence-corrected chi connectivity index (χ1v) is 7.49. The molecular formula is C12H17ClN6OS. The van der Waals surface area contributed by atoms with Crippen molar-refractivity contribution in [3.63, 3.8) is 0 Å². The number of thiophene rings is 1. The van der Waals surface area contributed by atoms with Crippen molar-refractivity contribution in [1.29, 1.82) is 0 Å². The maximum atomic E-state index is 12.4. The van der Waals surface area contributed by atoms with Crippen molar-refractivity contribution < 1.29 is 4.79 Å². The Hall–Kier alpha value is -1.51. The number of carbonyl (C=O) groups excluding carboxylic acids is 1. The normalized spacial score (nSPS) is 21.0. The van der Waals surface area contributed by atoms with Gasteiger partial charge >= 0.3 is 0 Å². The molecule has 2 unspecified atom stereocenters. The number of halogens is 1. The molecular weight excluding hydrogens is 312 g/mol. The summed E-state index contributed by atoms with van der Waals surface area (Å²) in [6.07, 6.45) is 4.69. The lowest BCUT2D eigenvalue weighted by Gasteiger charge is -2.19. The minimum absolute atomic E-state index is 0. The third kappa shape index (κ3) is 3.22. The zero-order chi connectivity index (χ0) is 13.9. The van der Waals surface area contributed by atoms with Crippen molar-refractivity contribution in [3.8, 4) is 5.69 Å². The fourth-order valence-electron chi connectivity index (χ4n) is 2.67. The molecule has 7 nitrogen and oxygen atoms in total. The van der Waals surface area contributed by atoms with Gasteiger partial charge in [0.1, 0.15) is 11.2 Å². The first-order chi connectivity index (χ1) is 9.79. The fourth-order valence-corrected chi connectivity index (χ4v) is 3.45. The van der Waals surface area contributed by atoms with Gasteiger partial charge in [-0.15, -0.1) is 28.8 Å². The average molecular weight is 329 g/mol. The molecule has 0 aliphatic heterocycles. The molecule has 1 amide bonds. The maximum absolute atomic E-state index is 12.4. The summed E-state index contributed by atoms with van der Waals surface area (Å²) in [6, 6.07) is 2.02. The number of amides is 1. The van der Waals surface area contributed by atoms with Crippen LogP contribution in [-0.2, 0) is 0 Å². The molecule has 9 heteroatoms. The highest BCUT2D eigenvalue weighted by Gasteiger charge is 2.28. The summed E-state index contributed by atoms with van der Waals surface area (Å²) in [6.45, 7) is 0.620. The van der Waals surface area contributed by atoms with Crippen LogP contribution in [0.5, 0.6) is 0 Å². The van der Waals surface area contributed by atoms with Crippen molar-refractivity contribution in [2.45, 2.75) is 25.3 Å². The molecule has 0 spiro atoms. The molecule has 1 fully saturated rings. The second-order valence-electron chi connectivity index (χ2n) is 4.90. The van der Waals surface area contributed by atoms with Crippen LogP contribution in [0.1, 0.15) is 28.9 Å². The van der Waals surface area contributed by atoms with Crippen molar-refractivity contribution >= 4 is 29.7 Å². The molecule has 2 aromatic rings. The van der Waals surface area contributed by atoms with Crippen LogP contribution < -0.4 is 11.1 Å². The lowest BCUT2D eigenvalue weighted by Crippen LogP contribution is -2.39. The predicted octanol–water partition coefficient (Wildman–Crippen LogP) is 1.00. The third-order valence-corrected chi connectivity index (χ3v) is 4.63. The van der Waals surface area contributed by atoms with Crippen LogP contribution in [0.25, 0.3) is 5.69 Å². The Morgan fingerprint density at radius 1 is 1.52 bits per heavy atom. The Bertz CT molecular complexity index is 586. The van der Waals surface area contributed by atoms with Gasteiger partial charge in [0.05, 0.1) is 5.69 Å². The topological polar surface area (TPSA) is 98.7 Å². The number of rotatable bonds is 4. The van der Waals surface area contributed by atoms with Gasteiger partial charge in [-0.3, -0.25) is 4.79 Å². The Morgan fingerprint density at radius 3 is 3.10 bits per heavy atom. The van der Waals surface area contributed by atoms with Gasteiger partial charge in [0.2, 0.25) is 0 Å². The van der Waals surface area contributed by atoms with E-state index < -0.39 is 0 Å². The van der Waals surface area contributed by atoms with Crippen LogP contribution in [-0.4, -0.2) is 38.7 Å². The van der Waals surface area contributed by atoms with Crippen LogP contribution in [0.3, 0.4) is 0 Å². The van der Waals surface area contributed by atoms with Gasteiger partial charge in [0, 0.05) is 6.04 Å². The van der Waals surface area contributed by atoms with Gasteiger partial charge in [-0.2, -0.15) is 4.68 Å². The molecule has 2 heterocycles. The Balaban J connectivity index is 0.00000161. The second-order valence-corrected chi connectivity index (χ2v) is 5.81. The third-order valence-electron chi connectivity index (χ3n) is 3.72. The zero-order valence-electron chi connectivity index (χ0n) is 11.3. The van der Waals surface area contributed by atoms with Crippen LogP contribution in [0.4, 0.5) is 0 Å². The Labute approximate surface area is 132 Å². The fraction of sp³-hybridized carbons (Fsp3) is 0.500. The summed E-state index contributed by atoms with van der Waals surface area (Å²) >= 11 is 1.39. The van der Waals surface area contributed by atoms with Crippen LogP contribution >= 0.6 is 23.7 Å². The minimum atomic E-state index is -0.0733. The molecule has 3 N–H and O–H groups in total. The molecule has 0 bridgehead atoms. The lowest BCUT2D eigenvalue weighted by atomic mass is 10.0. The lowest BCUT2D eigenvalue weighted by molar-refractivity contribution is 0.0933. The summed E-state index contributed by atoms with van der Waals surface area (Å²) in [5.41, 5.74) is 6.45. The number of hydrogen-bond acceptors (Lipinski definition) is 6. The minimum Gasteiger partial charge on any atom is -0.348 e. The molecule has 21 heavy (non-hydrogen) atoms. The Morgan fingerprint density at radius 2 is 2.38 bits per heavy atom. The summed E-state index contributed by atoms with van der Waals surface area (Å²) in [7, 11) is 0. The van der Waals surface area contributed by atoms with Gasteiger partial charge < -0.3 is 11.1 Å². The van der Waals surface area contributed by atoms with Gasteiger partial charge in [-0.1, -0.05) is 6.42 Å². The van der Waals surface area contributed by atoms with E-state index in [9.17, 15) is 4.79 Å². The van der Waals surface area contributed by atoms with Crippen LogP contribution in [0.15, 0.2) is 17.8 Å². The van der Waals surface area contributed by atoms with E-state index in [1.54, 1.807) is 0 Å².